The van der Waals surface area contributed by atoms with Gasteiger partial charge in [-0.3, -0.25) is 0 Å². The van der Waals surface area contributed by atoms with E-state index in [0.29, 0.717) is 18.8 Å². The van der Waals surface area contributed by atoms with Gasteiger partial charge in [-0.25, -0.2) is 4.79 Å². The van der Waals surface area contributed by atoms with Crippen molar-refractivity contribution >= 4 is 28.6 Å². The molecule has 0 atom stereocenters. The van der Waals surface area contributed by atoms with Gasteiger partial charge in [-0.2, -0.15) is 0 Å². The number of aromatic carboxylic acids is 1. The maximum absolute atomic E-state index is 10.7. The highest BCUT2D eigenvalue weighted by atomic mass is 127. The Labute approximate surface area is 131 Å². The second-order valence-electron chi connectivity index (χ2n) is 4.45. The standard InChI is InChI=1S/C16H15IO3/c17-9-12-1-3-13(4-2-12)10-20-11-14-5-7-15(8-6-14)16(18)19/h1-8H,9-11H2,(H,18,19). The number of carbonyl (C=O) groups is 1. The van der Waals surface area contributed by atoms with Gasteiger partial charge in [-0.1, -0.05) is 59.0 Å². The number of hydrogen-bond acceptors (Lipinski definition) is 2. The molecule has 0 fully saturated rings. The number of carboxylic acids is 1. The molecule has 0 saturated carbocycles. The summed E-state index contributed by atoms with van der Waals surface area (Å²) in [5, 5.41) is 8.81. The Morgan fingerprint density at radius 1 is 0.900 bits per heavy atom. The topological polar surface area (TPSA) is 46.5 Å². The Bertz CT molecular complexity index is 561. The van der Waals surface area contributed by atoms with Crippen LogP contribution in [0.15, 0.2) is 48.5 Å². The molecule has 104 valence electrons. The van der Waals surface area contributed by atoms with Crippen LogP contribution in [0.25, 0.3) is 0 Å². The summed E-state index contributed by atoms with van der Waals surface area (Å²) in [7, 11) is 0. The first-order valence-corrected chi connectivity index (χ1v) is 7.75. The average Bonchev–Trinajstić information content (AvgIpc) is 2.48. The van der Waals surface area contributed by atoms with Crippen molar-refractivity contribution in [3.8, 4) is 0 Å². The SMILES string of the molecule is O=C(O)c1ccc(COCc2ccc(CI)cc2)cc1. The summed E-state index contributed by atoms with van der Waals surface area (Å²) in [6.45, 7) is 1.04. The Balaban J connectivity index is 1.84. The van der Waals surface area contributed by atoms with Crippen LogP contribution in [-0.4, -0.2) is 11.1 Å². The number of alkyl halides is 1. The minimum absolute atomic E-state index is 0.295. The van der Waals surface area contributed by atoms with E-state index in [0.717, 1.165) is 15.6 Å². The fourth-order valence-corrected chi connectivity index (χ4v) is 2.26. The van der Waals surface area contributed by atoms with Crippen LogP contribution < -0.4 is 0 Å². The van der Waals surface area contributed by atoms with E-state index in [4.69, 9.17) is 9.84 Å². The van der Waals surface area contributed by atoms with E-state index in [1.54, 1.807) is 24.3 Å². The molecule has 0 bridgehead atoms. The van der Waals surface area contributed by atoms with Crippen LogP contribution in [0.2, 0.25) is 0 Å². The van der Waals surface area contributed by atoms with Crippen LogP contribution >= 0.6 is 22.6 Å². The van der Waals surface area contributed by atoms with Crippen molar-refractivity contribution in [3.05, 3.63) is 70.8 Å². The van der Waals surface area contributed by atoms with E-state index in [1.165, 1.54) is 5.56 Å². The summed E-state index contributed by atoms with van der Waals surface area (Å²) in [6, 6.07) is 15.1. The fourth-order valence-electron chi connectivity index (χ4n) is 1.75. The largest absolute Gasteiger partial charge is 0.478 e. The van der Waals surface area contributed by atoms with Gasteiger partial charge in [-0.15, -0.1) is 0 Å². The predicted octanol–water partition coefficient (Wildman–Crippen LogP) is 4.04. The summed E-state index contributed by atoms with van der Waals surface area (Å²) in [4.78, 5) is 10.7. The molecule has 0 radical (unpaired) electrons. The number of benzene rings is 2. The third kappa shape index (κ3) is 4.31. The van der Waals surface area contributed by atoms with Gasteiger partial charge in [0.1, 0.15) is 0 Å². The first kappa shape index (κ1) is 15.0. The molecule has 1 N–H and O–H groups in total. The molecule has 0 amide bonds. The Kier molecular flexibility index (Phi) is 5.55. The minimum Gasteiger partial charge on any atom is -0.478 e. The fraction of sp³-hybridized carbons (Fsp3) is 0.188. The summed E-state index contributed by atoms with van der Waals surface area (Å²) < 4.78 is 6.64. The molecule has 0 saturated heterocycles. The molecular formula is C16H15IO3. The van der Waals surface area contributed by atoms with Crippen molar-refractivity contribution in [1.82, 2.24) is 0 Å². The van der Waals surface area contributed by atoms with E-state index >= 15 is 0 Å². The Morgan fingerprint density at radius 3 is 1.80 bits per heavy atom. The Morgan fingerprint density at radius 2 is 1.35 bits per heavy atom. The van der Waals surface area contributed by atoms with Gasteiger partial charge in [0.15, 0.2) is 0 Å². The van der Waals surface area contributed by atoms with Crippen molar-refractivity contribution < 1.29 is 14.6 Å². The lowest BCUT2D eigenvalue weighted by atomic mass is 10.1. The monoisotopic (exact) mass is 382 g/mol. The number of hydrogen-bond donors (Lipinski definition) is 1. The molecule has 0 aliphatic heterocycles. The Hall–Kier alpha value is -1.40. The van der Waals surface area contributed by atoms with Gasteiger partial charge in [0.25, 0.3) is 0 Å². The average molecular weight is 382 g/mol. The third-order valence-electron chi connectivity index (χ3n) is 2.92. The molecule has 0 aromatic heterocycles. The van der Waals surface area contributed by atoms with E-state index in [2.05, 4.69) is 46.9 Å². The second-order valence-corrected chi connectivity index (χ2v) is 5.21. The maximum Gasteiger partial charge on any atom is 0.335 e. The molecule has 0 aliphatic rings. The lowest BCUT2D eigenvalue weighted by molar-refractivity contribution is 0.0696. The molecule has 3 nitrogen and oxygen atoms in total. The summed E-state index contributed by atoms with van der Waals surface area (Å²) in [5.41, 5.74) is 3.71. The quantitative estimate of drug-likeness (QED) is 0.606. The highest BCUT2D eigenvalue weighted by molar-refractivity contribution is 14.1. The number of rotatable bonds is 6. The van der Waals surface area contributed by atoms with E-state index in [-0.39, 0.29) is 0 Å². The lowest BCUT2D eigenvalue weighted by Gasteiger charge is -2.06. The summed E-state index contributed by atoms with van der Waals surface area (Å²) in [5.74, 6) is -0.909. The summed E-state index contributed by atoms with van der Waals surface area (Å²) in [6.07, 6.45) is 0. The van der Waals surface area contributed by atoms with Crippen LogP contribution in [0.5, 0.6) is 0 Å². The smallest absolute Gasteiger partial charge is 0.335 e. The van der Waals surface area contributed by atoms with Crippen molar-refractivity contribution in [2.24, 2.45) is 0 Å². The lowest BCUT2D eigenvalue weighted by Crippen LogP contribution is -1.98. The zero-order chi connectivity index (χ0) is 14.4. The maximum atomic E-state index is 10.7. The highest BCUT2D eigenvalue weighted by Crippen LogP contribution is 2.11. The molecule has 0 unspecified atom stereocenters. The molecule has 20 heavy (non-hydrogen) atoms. The van der Waals surface area contributed by atoms with Crippen molar-refractivity contribution in [2.75, 3.05) is 0 Å². The van der Waals surface area contributed by atoms with Crippen LogP contribution in [0.3, 0.4) is 0 Å². The van der Waals surface area contributed by atoms with E-state index in [1.807, 2.05) is 0 Å². The zero-order valence-electron chi connectivity index (χ0n) is 10.9. The van der Waals surface area contributed by atoms with Gasteiger partial charge in [0.05, 0.1) is 18.8 Å². The first-order chi connectivity index (χ1) is 9.69. The minimum atomic E-state index is -0.909. The predicted molar refractivity (Wildman–Crippen MR) is 86.1 cm³/mol. The molecular weight excluding hydrogens is 367 g/mol. The van der Waals surface area contributed by atoms with Gasteiger partial charge in [0, 0.05) is 4.43 Å². The van der Waals surface area contributed by atoms with Crippen LogP contribution in [0, 0.1) is 0 Å². The summed E-state index contributed by atoms with van der Waals surface area (Å²) >= 11 is 2.34. The van der Waals surface area contributed by atoms with Gasteiger partial charge in [0.2, 0.25) is 0 Å². The van der Waals surface area contributed by atoms with Crippen LogP contribution in [0.1, 0.15) is 27.0 Å². The van der Waals surface area contributed by atoms with Crippen molar-refractivity contribution in [1.29, 1.82) is 0 Å². The van der Waals surface area contributed by atoms with Crippen LogP contribution in [-0.2, 0) is 22.4 Å². The molecule has 0 aliphatic carbocycles. The number of ether oxygens (including phenoxy) is 1. The molecule has 2 aromatic rings. The van der Waals surface area contributed by atoms with E-state index in [9.17, 15) is 4.79 Å². The zero-order valence-corrected chi connectivity index (χ0v) is 13.0. The molecule has 0 spiro atoms. The first-order valence-electron chi connectivity index (χ1n) is 6.23. The van der Waals surface area contributed by atoms with Crippen LogP contribution in [0.4, 0.5) is 0 Å². The third-order valence-corrected chi connectivity index (χ3v) is 3.80. The normalized spacial score (nSPS) is 10.4. The van der Waals surface area contributed by atoms with Crippen molar-refractivity contribution in [3.63, 3.8) is 0 Å². The molecule has 0 heterocycles. The van der Waals surface area contributed by atoms with Gasteiger partial charge in [-0.05, 0) is 28.8 Å². The number of carboxylic acid groups (broad SMARTS) is 1. The second kappa shape index (κ2) is 7.40. The molecule has 2 aromatic carbocycles. The number of halogens is 1. The molecule has 2 rings (SSSR count). The molecule has 4 heteroatoms. The van der Waals surface area contributed by atoms with Gasteiger partial charge >= 0.3 is 5.97 Å². The van der Waals surface area contributed by atoms with Crippen molar-refractivity contribution in [2.45, 2.75) is 17.6 Å². The van der Waals surface area contributed by atoms with E-state index < -0.39 is 5.97 Å². The highest BCUT2D eigenvalue weighted by Gasteiger charge is 2.02. The van der Waals surface area contributed by atoms with Gasteiger partial charge < -0.3 is 9.84 Å².